The van der Waals surface area contributed by atoms with E-state index in [4.69, 9.17) is 5.73 Å². The number of nitrogens with zero attached hydrogens (tertiary/aromatic N) is 3. The van der Waals surface area contributed by atoms with Gasteiger partial charge in [0.15, 0.2) is 0 Å². The molecule has 2 aromatic heterocycles. The number of nitrogens with one attached hydrogen (secondary N) is 1. The first-order valence-electron chi connectivity index (χ1n) is 10.3. The van der Waals surface area contributed by atoms with E-state index in [0.717, 1.165) is 34.5 Å². The van der Waals surface area contributed by atoms with Crippen LogP contribution in [-0.2, 0) is 9.59 Å². The lowest BCUT2D eigenvalue weighted by Crippen LogP contribution is -2.46. The summed E-state index contributed by atoms with van der Waals surface area (Å²) in [7, 11) is 0. The number of thiazole rings is 1. The summed E-state index contributed by atoms with van der Waals surface area (Å²) in [6.07, 6.45) is 5.07. The predicted molar refractivity (Wildman–Crippen MR) is 122 cm³/mol. The van der Waals surface area contributed by atoms with Crippen molar-refractivity contribution < 1.29 is 9.59 Å². The largest absolute Gasteiger partial charge is 0.383 e. The molecule has 0 radical (unpaired) electrons. The fourth-order valence-corrected chi connectivity index (χ4v) is 4.55. The highest BCUT2D eigenvalue weighted by Gasteiger charge is 2.34. The number of aryl methyl sites for hydroxylation is 1. The van der Waals surface area contributed by atoms with Gasteiger partial charge >= 0.3 is 11.8 Å². The van der Waals surface area contributed by atoms with Gasteiger partial charge in [-0.15, -0.1) is 11.3 Å². The first kappa shape index (κ1) is 21.0. The van der Waals surface area contributed by atoms with Gasteiger partial charge in [-0.1, -0.05) is 31.2 Å². The van der Waals surface area contributed by atoms with Gasteiger partial charge in [-0.2, -0.15) is 0 Å². The Morgan fingerprint density at radius 1 is 1.19 bits per heavy atom. The van der Waals surface area contributed by atoms with Crippen molar-refractivity contribution in [2.24, 2.45) is 5.92 Å². The molecule has 31 heavy (non-hydrogen) atoms. The fraction of sp³-hybridized carbons (Fsp3) is 0.304. The molecule has 3 aromatic rings. The molecule has 0 aliphatic carbocycles. The van der Waals surface area contributed by atoms with Crippen LogP contribution in [0.4, 0.5) is 11.5 Å². The van der Waals surface area contributed by atoms with Crippen LogP contribution < -0.4 is 11.1 Å². The van der Waals surface area contributed by atoms with Gasteiger partial charge in [0.1, 0.15) is 10.8 Å². The van der Waals surface area contributed by atoms with Crippen LogP contribution in [0.3, 0.4) is 0 Å². The van der Waals surface area contributed by atoms with Crippen molar-refractivity contribution in [2.75, 3.05) is 17.6 Å². The van der Waals surface area contributed by atoms with Gasteiger partial charge < -0.3 is 16.0 Å². The predicted octanol–water partition coefficient (Wildman–Crippen LogP) is 4.03. The van der Waals surface area contributed by atoms with Crippen LogP contribution in [0.5, 0.6) is 0 Å². The number of hydrogen-bond acceptors (Lipinski definition) is 6. The van der Waals surface area contributed by atoms with Crippen LogP contribution in [0.1, 0.15) is 36.9 Å². The molecule has 4 rings (SSSR count). The minimum absolute atomic E-state index is 0.133. The second-order valence-corrected chi connectivity index (χ2v) is 8.89. The van der Waals surface area contributed by atoms with Gasteiger partial charge in [0.05, 0.1) is 17.9 Å². The number of likely N-dealkylation sites (tertiary alicyclic amines) is 1. The summed E-state index contributed by atoms with van der Waals surface area (Å²) in [4.78, 5) is 35.9. The highest BCUT2D eigenvalue weighted by molar-refractivity contribution is 7.13. The molecule has 0 bridgehead atoms. The first-order chi connectivity index (χ1) is 14.9. The molecular weight excluding hydrogens is 410 g/mol. The zero-order valence-electron chi connectivity index (χ0n) is 17.5. The molecule has 8 heteroatoms. The molecule has 7 nitrogen and oxygen atoms in total. The maximum absolute atomic E-state index is 13.1. The Labute approximate surface area is 185 Å². The Morgan fingerprint density at radius 3 is 2.65 bits per heavy atom. The molecule has 1 aliphatic heterocycles. The molecule has 2 amide bonds. The molecule has 3 heterocycles. The third-order valence-electron chi connectivity index (χ3n) is 5.62. The quantitative estimate of drug-likeness (QED) is 0.605. The van der Waals surface area contributed by atoms with Crippen LogP contribution in [-0.4, -0.2) is 33.2 Å². The van der Waals surface area contributed by atoms with E-state index in [9.17, 15) is 9.59 Å². The van der Waals surface area contributed by atoms with Crippen LogP contribution in [0.2, 0.25) is 0 Å². The number of benzene rings is 1. The number of piperidine rings is 1. The summed E-state index contributed by atoms with van der Waals surface area (Å²) in [6, 6.07) is 9.69. The number of rotatable bonds is 3. The van der Waals surface area contributed by atoms with Gasteiger partial charge in [0.25, 0.3) is 0 Å². The van der Waals surface area contributed by atoms with Gasteiger partial charge in [0.2, 0.25) is 0 Å². The third-order valence-corrected chi connectivity index (χ3v) is 6.45. The van der Waals surface area contributed by atoms with E-state index >= 15 is 0 Å². The zero-order chi connectivity index (χ0) is 22.0. The SMILES string of the molecule is Cc1cc(NC(=O)C(=O)N2C[C@H](C)CC[C@H]2c2ccc(-c3nccs3)cc2)cnc1N. The van der Waals surface area contributed by atoms with Gasteiger partial charge in [0, 0.05) is 23.7 Å². The Morgan fingerprint density at radius 2 is 1.97 bits per heavy atom. The lowest BCUT2D eigenvalue weighted by Gasteiger charge is -2.38. The molecule has 1 aromatic carbocycles. The van der Waals surface area contributed by atoms with E-state index in [2.05, 4.69) is 22.2 Å². The summed E-state index contributed by atoms with van der Waals surface area (Å²) in [6.45, 7) is 4.45. The molecule has 1 saturated heterocycles. The third kappa shape index (κ3) is 4.59. The van der Waals surface area contributed by atoms with Gasteiger partial charge in [-0.05, 0) is 42.9 Å². The molecule has 160 valence electrons. The number of carbonyl (C=O) groups is 2. The van der Waals surface area contributed by atoms with E-state index in [1.54, 1.807) is 35.4 Å². The lowest BCUT2D eigenvalue weighted by molar-refractivity contribution is -0.146. The van der Waals surface area contributed by atoms with Gasteiger partial charge in [-0.3, -0.25) is 9.59 Å². The van der Waals surface area contributed by atoms with Gasteiger partial charge in [-0.25, -0.2) is 9.97 Å². The van der Waals surface area contributed by atoms with Crippen molar-refractivity contribution >= 4 is 34.7 Å². The van der Waals surface area contributed by atoms with Crippen LogP contribution >= 0.6 is 11.3 Å². The monoisotopic (exact) mass is 435 g/mol. The molecule has 0 unspecified atom stereocenters. The number of anilines is 2. The second-order valence-electron chi connectivity index (χ2n) is 8.00. The Balaban J connectivity index is 1.53. The van der Waals surface area contributed by atoms with Crippen molar-refractivity contribution in [3.8, 4) is 10.6 Å². The standard InChI is InChI=1S/C23H25N5O2S/c1-14-3-8-19(16-4-6-17(7-5-16)22-25-9-10-31-22)28(13-14)23(30)21(29)27-18-11-15(2)20(24)26-12-18/h4-7,9-12,14,19H,3,8,13H2,1-2H3,(H2,24,26)(H,27,29)/t14-,19+/m1/s1. The van der Waals surface area contributed by atoms with E-state index < -0.39 is 11.8 Å². The summed E-state index contributed by atoms with van der Waals surface area (Å²) >= 11 is 1.59. The number of pyridine rings is 1. The molecular formula is C23H25N5O2S. The van der Waals surface area contributed by atoms with Crippen molar-refractivity contribution in [1.29, 1.82) is 0 Å². The number of nitrogens with two attached hydrogens (primary N) is 1. The Hall–Kier alpha value is -3.26. The Kier molecular flexibility index (Phi) is 5.99. The second kappa shape index (κ2) is 8.85. The number of amides is 2. The zero-order valence-corrected chi connectivity index (χ0v) is 18.4. The number of nitrogen functional groups attached to an aromatic ring is 1. The summed E-state index contributed by atoms with van der Waals surface area (Å²) < 4.78 is 0. The molecule has 0 saturated carbocycles. The Bertz CT molecular complexity index is 1080. The molecule has 1 fully saturated rings. The topological polar surface area (TPSA) is 101 Å². The molecule has 2 atom stereocenters. The van der Waals surface area contributed by atoms with E-state index in [1.165, 1.54) is 6.20 Å². The van der Waals surface area contributed by atoms with Crippen molar-refractivity contribution in [3.63, 3.8) is 0 Å². The van der Waals surface area contributed by atoms with Crippen LogP contribution in [0.15, 0.2) is 48.1 Å². The molecule has 0 spiro atoms. The number of carbonyl (C=O) groups excluding carboxylic acids is 2. The smallest absolute Gasteiger partial charge is 0.313 e. The molecule has 1 aliphatic rings. The van der Waals surface area contributed by atoms with E-state index in [1.807, 2.05) is 29.6 Å². The van der Waals surface area contributed by atoms with Crippen LogP contribution in [0.25, 0.3) is 10.6 Å². The minimum Gasteiger partial charge on any atom is -0.383 e. The number of hydrogen-bond donors (Lipinski definition) is 2. The highest BCUT2D eigenvalue weighted by Crippen LogP contribution is 2.34. The van der Waals surface area contributed by atoms with E-state index in [-0.39, 0.29) is 6.04 Å². The maximum Gasteiger partial charge on any atom is 0.313 e. The average Bonchev–Trinajstić information content (AvgIpc) is 3.31. The first-order valence-corrected chi connectivity index (χ1v) is 11.1. The summed E-state index contributed by atoms with van der Waals surface area (Å²) in [5, 5.41) is 5.58. The van der Waals surface area contributed by atoms with Crippen LogP contribution in [0, 0.1) is 12.8 Å². The normalized spacial score (nSPS) is 18.6. The lowest BCUT2D eigenvalue weighted by atomic mass is 9.89. The van der Waals surface area contributed by atoms with Crippen molar-refractivity contribution in [2.45, 2.75) is 32.7 Å². The van der Waals surface area contributed by atoms with Crippen molar-refractivity contribution in [3.05, 3.63) is 59.2 Å². The summed E-state index contributed by atoms with van der Waals surface area (Å²) in [5.74, 6) is -0.460. The van der Waals surface area contributed by atoms with E-state index in [0.29, 0.717) is 24.0 Å². The highest BCUT2D eigenvalue weighted by atomic mass is 32.1. The number of aromatic nitrogens is 2. The minimum atomic E-state index is -0.663. The fourth-order valence-electron chi connectivity index (χ4n) is 3.91. The maximum atomic E-state index is 13.1. The average molecular weight is 436 g/mol. The molecule has 3 N–H and O–H groups in total. The summed E-state index contributed by atoms with van der Waals surface area (Å²) in [5.41, 5.74) is 9.01. The van der Waals surface area contributed by atoms with Crippen molar-refractivity contribution in [1.82, 2.24) is 14.9 Å².